The van der Waals surface area contributed by atoms with Crippen LogP contribution in [0.3, 0.4) is 0 Å². The lowest BCUT2D eigenvalue weighted by molar-refractivity contribution is -0.274. The highest BCUT2D eigenvalue weighted by atomic mass is 19.4. The fourth-order valence-corrected chi connectivity index (χ4v) is 2.08. The van der Waals surface area contributed by atoms with Crippen LogP contribution in [0.25, 0.3) is 0 Å². The van der Waals surface area contributed by atoms with Crippen LogP contribution in [0.5, 0.6) is 5.75 Å². The van der Waals surface area contributed by atoms with Crippen LogP contribution in [-0.2, 0) is 4.79 Å². The number of anilines is 1. The molecule has 0 aromatic heterocycles. The fraction of sp³-hybridized carbons (Fsp3) is 0.462. The second kappa shape index (κ2) is 6.13. The van der Waals surface area contributed by atoms with Gasteiger partial charge < -0.3 is 15.4 Å². The molecule has 0 bridgehead atoms. The van der Waals surface area contributed by atoms with E-state index in [1.54, 1.807) is 0 Å². The lowest BCUT2D eigenvalue weighted by Crippen LogP contribution is -2.43. The summed E-state index contributed by atoms with van der Waals surface area (Å²) in [5.41, 5.74) is 0.0159. The first-order valence-corrected chi connectivity index (χ1v) is 6.35. The molecule has 0 spiro atoms. The van der Waals surface area contributed by atoms with Crippen LogP contribution in [0.1, 0.15) is 19.3 Å². The molecule has 1 heterocycles. The number of carbonyl (C=O) groups is 1. The van der Waals surface area contributed by atoms with E-state index in [-0.39, 0.29) is 17.6 Å². The Morgan fingerprint density at radius 3 is 2.70 bits per heavy atom. The van der Waals surface area contributed by atoms with Gasteiger partial charge in [-0.1, -0.05) is 18.6 Å². The van der Waals surface area contributed by atoms with Gasteiger partial charge in [-0.05, 0) is 31.5 Å². The third-order valence-electron chi connectivity index (χ3n) is 3.00. The Hall–Kier alpha value is -1.76. The van der Waals surface area contributed by atoms with Crippen molar-refractivity contribution in [1.82, 2.24) is 5.32 Å². The van der Waals surface area contributed by atoms with Gasteiger partial charge in [0.15, 0.2) is 5.75 Å². The van der Waals surface area contributed by atoms with Gasteiger partial charge in [-0.25, -0.2) is 0 Å². The van der Waals surface area contributed by atoms with Crippen LogP contribution < -0.4 is 15.4 Å². The first-order chi connectivity index (χ1) is 9.46. The predicted octanol–water partition coefficient (Wildman–Crippen LogP) is 2.67. The molecule has 1 unspecified atom stereocenters. The number of rotatable bonds is 3. The van der Waals surface area contributed by atoms with Gasteiger partial charge in [0.2, 0.25) is 5.91 Å². The van der Waals surface area contributed by atoms with Gasteiger partial charge in [-0.2, -0.15) is 0 Å². The number of ether oxygens (including phenoxy) is 1. The molecule has 1 atom stereocenters. The number of halogens is 3. The number of piperidine rings is 1. The first-order valence-electron chi connectivity index (χ1n) is 6.35. The van der Waals surface area contributed by atoms with Gasteiger partial charge in [0.1, 0.15) is 0 Å². The van der Waals surface area contributed by atoms with E-state index in [4.69, 9.17) is 0 Å². The number of benzene rings is 1. The minimum absolute atomic E-state index is 0.0159. The topological polar surface area (TPSA) is 50.4 Å². The van der Waals surface area contributed by atoms with Crippen molar-refractivity contribution in [3.63, 3.8) is 0 Å². The Labute approximate surface area is 114 Å². The fourth-order valence-electron chi connectivity index (χ4n) is 2.08. The normalized spacial score (nSPS) is 19.4. The summed E-state index contributed by atoms with van der Waals surface area (Å²) in [6, 6.07) is 5.12. The van der Waals surface area contributed by atoms with Crippen LogP contribution in [0.2, 0.25) is 0 Å². The van der Waals surface area contributed by atoms with E-state index in [9.17, 15) is 18.0 Å². The van der Waals surface area contributed by atoms with Gasteiger partial charge in [0.05, 0.1) is 11.7 Å². The highest BCUT2D eigenvalue weighted by molar-refractivity contribution is 5.96. The molecule has 1 aromatic rings. The van der Waals surface area contributed by atoms with E-state index in [0.29, 0.717) is 6.42 Å². The van der Waals surface area contributed by atoms with Crippen molar-refractivity contribution in [2.24, 2.45) is 0 Å². The Morgan fingerprint density at radius 2 is 2.05 bits per heavy atom. The number of hydrogen-bond donors (Lipinski definition) is 2. The maximum Gasteiger partial charge on any atom is 0.573 e. The molecule has 1 amide bonds. The highest BCUT2D eigenvalue weighted by Crippen LogP contribution is 2.30. The molecule has 0 radical (unpaired) electrons. The van der Waals surface area contributed by atoms with Gasteiger partial charge in [-0.3, -0.25) is 4.79 Å². The Kier molecular flexibility index (Phi) is 4.49. The second-order valence-corrected chi connectivity index (χ2v) is 4.54. The van der Waals surface area contributed by atoms with Crippen molar-refractivity contribution in [2.75, 3.05) is 11.9 Å². The summed E-state index contributed by atoms with van der Waals surface area (Å²) < 4.78 is 40.7. The van der Waals surface area contributed by atoms with Gasteiger partial charge in [0.25, 0.3) is 0 Å². The summed E-state index contributed by atoms with van der Waals surface area (Å²) >= 11 is 0. The smallest absolute Gasteiger partial charge is 0.404 e. The third-order valence-corrected chi connectivity index (χ3v) is 3.00. The Morgan fingerprint density at radius 1 is 1.30 bits per heavy atom. The number of para-hydroxylation sites is 2. The molecule has 1 aromatic carbocycles. The molecular weight excluding hydrogens is 273 g/mol. The zero-order valence-corrected chi connectivity index (χ0v) is 10.7. The summed E-state index contributed by atoms with van der Waals surface area (Å²) in [6.45, 7) is 0.735. The van der Waals surface area contributed by atoms with Crippen LogP contribution in [0, 0.1) is 0 Å². The largest absolute Gasteiger partial charge is 0.573 e. The summed E-state index contributed by atoms with van der Waals surface area (Å²) in [5.74, 6) is -0.757. The molecule has 2 rings (SSSR count). The van der Waals surface area contributed by atoms with Crippen molar-refractivity contribution in [3.8, 4) is 5.75 Å². The molecule has 20 heavy (non-hydrogen) atoms. The molecule has 0 aliphatic carbocycles. The number of alkyl halides is 3. The lowest BCUT2D eigenvalue weighted by Gasteiger charge is -2.23. The SMILES string of the molecule is O=C(Nc1ccccc1OC(F)(F)F)C1CCCCN1. The molecule has 4 nitrogen and oxygen atoms in total. The third kappa shape index (κ3) is 4.12. The quantitative estimate of drug-likeness (QED) is 0.899. The van der Waals surface area contributed by atoms with Crippen molar-refractivity contribution < 1.29 is 22.7 Å². The van der Waals surface area contributed by atoms with E-state index < -0.39 is 12.1 Å². The number of hydrogen-bond acceptors (Lipinski definition) is 3. The zero-order chi connectivity index (χ0) is 14.6. The first kappa shape index (κ1) is 14.6. The molecule has 0 saturated carbocycles. The Balaban J connectivity index is 2.06. The summed E-state index contributed by atoms with van der Waals surface area (Å²) in [5, 5.41) is 5.51. The van der Waals surface area contributed by atoms with E-state index >= 15 is 0 Å². The van der Waals surface area contributed by atoms with E-state index in [1.165, 1.54) is 18.2 Å². The predicted molar refractivity (Wildman–Crippen MR) is 67.4 cm³/mol. The molecule has 2 N–H and O–H groups in total. The van der Waals surface area contributed by atoms with Crippen LogP contribution in [0.15, 0.2) is 24.3 Å². The molecular formula is C13H15F3N2O2. The van der Waals surface area contributed by atoms with Gasteiger partial charge in [0, 0.05) is 0 Å². The Bertz CT molecular complexity index is 471. The van der Waals surface area contributed by atoms with Crippen molar-refractivity contribution in [2.45, 2.75) is 31.7 Å². The standard InChI is InChI=1S/C13H15F3N2O2/c14-13(15,16)20-11-7-2-1-5-9(11)18-12(19)10-6-3-4-8-17-10/h1-2,5,7,10,17H,3-4,6,8H2,(H,18,19). The molecule has 7 heteroatoms. The van der Waals surface area contributed by atoms with Crippen LogP contribution >= 0.6 is 0 Å². The average Bonchev–Trinajstić information content (AvgIpc) is 2.40. The molecule has 1 aliphatic rings. The minimum Gasteiger partial charge on any atom is -0.404 e. The van der Waals surface area contributed by atoms with E-state index in [1.807, 2.05) is 0 Å². The molecule has 110 valence electrons. The number of nitrogens with one attached hydrogen (secondary N) is 2. The minimum atomic E-state index is -4.79. The molecule has 1 saturated heterocycles. The molecule has 1 fully saturated rings. The van der Waals surface area contributed by atoms with Crippen molar-refractivity contribution in [3.05, 3.63) is 24.3 Å². The summed E-state index contributed by atoms with van der Waals surface area (Å²) in [7, 11) is 0. The van der Waals surface area contributed by atoms with Crippen LogP contribution in [-0.4, -0.2) is 24.9 Å². The maximum absolute atomic E-state index is 12.3. The van der Waals surface area contributed by atoms with Crippen LogP contribution in [0.4, 0.5) is 18.9 Å². The lowest BCUT2D eigenvalue weighted by atomic mass is 10.0. The van der Waals surface area contributed by atoms with Crippen molar-refractivity contribution in [1.29, 1.82) is 0 Å². The maximum atomic E-state index is 12.3. The summed E-state index contributed by atoms with van der Waals surface area (Å²) in [4.78, 5) is 12.0. The summed E-state index contributed by atoms with van der Waals surface area (Å²) in [6.07, 6.45) is -2.19. The number of amides is 1. The second-order valence-electron chi connectivity index (χ2n) is 4.54. The zero-order valence-electron chi connectivity index (χ0n) is 10.7. The van der Waals surface area contributed by atoms with E-state index in [0.717, 1.165) is 25.5 Å². The van der Waals surface area contributed by atoms with Gasteiger partial charge >= 0.3 is 6.36 Å². The average molecular weight is 288 g/mol. The highest BCUT2D eigenvalue weighted by Gasteiger charge is 2.32. The molecule has 1 aliphatic heterocycles. The van der Waals surface area contributed by atoms with Gasteiger partial charge in [-0.15, -0.1) is 13.2 Å². The number of carbonyl (C=O) groups excluding carboxylic acids is 1. The monoisotopic (exact) mass is 288 g/mol. The van der Waals surface area contributed by atoms with E-state index in [2.05, 4.69) is 15.4 Å². The van der Waals surface area contributed by atoms with Crippen molar-refractivity contribution >= 4 is 11.6 Å².